The lowest BCUT2D eigenvalue weighted by atomic mass is 10.1. The Bertz CT molecular complexity index is 597. The second-order valence-corrected chi connectivity index (χ2v) is 5.57. The zero-order valence-electron chi connectivity index (χ0n) is 12.7. The number of benzene rings is 1. The lowest BCUT2D eigenvalue weighted by Gasteiger charge is -2.21. The van der Waals surface area contributed by atoms with Crippen molar-refractivity contribution in [3.63, 3.8) is 0 Å². The molecule has 1 aliphatic heterocycles. The molecule has 1 fully saturated rings. The Kier molecular flexibility index (Phi) is 5.36. The van der Waals surface area contributed by atoms with Crippen LogP contribution in [0.3, 0.4) is 0 Å². The summed E-state index contributed by atoms with van der Waals surface area (Å²) in [4.78, 5) is 24.6. The predicted octanol–water partition coefficient (Wildman–Crippen LogP) is 1.25. The summed E-state index contributed by atoms with van der Waals surface area (Å²) >= 11 is 0. The zero-order valence-corrected chi connectivity index (χ0v) is 12.7. The Morgan fingerprint density at radius 1 is 1.48 bits per heavy atom. The molecule has 3 N–H and O–H groups in total. The lowest BCUT2D eigenvalue weighted by Crippen LogP contribution is -2.45. The standard InChI is InChI=1S/C15H19F2N3O3/c1-9(8-23-13-3-2-11(16)6-12(13)17)19-15(22)20-5-4-10(7-20)14(18)21/h2-3,6,9-10H,4-5,7-8H2,1H3,(H2,18,21)(H,19,22). The molecule has 0 aliphatic carbocycles. The van der Waals surface area contributed by atoms with E-state index in [2.05, 4.69) is 5.32 Å². The number of carbonyl (C=O) groups is 2. The monoisotopic (exact) mass is 327 g/mol. The molecule has 0 aromatic heterocycles. The molecule has 0 radical (unpaired) electrons. The summed E-state index contributed by atoms with van der Waals surface area (Å²) < 4.78 is 31.4. The number of urea groups is 1. The van der Waals surface area contributed by atoms with E-state index in [1.807, 2.05) is 0 Å². The summed E-state index contributed by atoms with van der Waals surface area (Å²) in [5.41, 5.74) is 5.22. The van der Waals surface area contributed by atoms with Crippen molar-refractivity contribution in [2.75, 3.05) is 19.7 Å². The van der Waals surface area contributed by atoms with Gasteiger partial charge < -0.3 is 20.7 Å². The van der Waals surface area contributed by atoms with E-state index in [4.69, 9.17) is 10.5 Å². The number of hydrogen-bond donors (Lipinski definition) is 2. The highest BCUT2D eigenvalue weighted by atomic mass is 19.1. The molecule has 1 aromatic rings. The number of ether oxygens (including phenoxy) is 1. The van der Waals surface area contributed by atoms with Crippen LogP contribution < -0.4 is 15.8 Å². The van der Waals surface area contributed by atoms with Crippen LogP contribution in [0.1, 0.15) is 13.3 Å². The highest BCUT2D eigenvalue weighted by molar-refractivity contribution is 5.80. The maximum absolute atomic E-state index is 13.4. The number of nitrogens with zero attached hydrogens (tertiary/aromatic N) is 1. The third-order valence-corrected chi connectivity index (χ3v) is 3.63. The number of hydrogen-bond acceptors (Lipinski definition) is 3. The topological polar surface area (TPSA) is 84.7 Å². The van der Waals surface area contributed by atoms with Crippen LogP contribution in [0.25, 0.3) is 0 Å². The van der Waals surface area contributed by atoms with Crippen molar-refractivity contribution in [2.24, 2.45) is 11.7 Å². The van der Waals surface area contributed by atoms with E-state index in [-0.39, 0.29) is 30.3 Å². The van der Waals surface area contributed by atoms with E-state index in [1.165, 1.54) is 11.0 Å². The molecule has 2 unspecified atom stereocenters. The number of primary amides is 1. The van der Waals surface area contributed by atoms with E-state index in [0.717, 1.165) is 12.1 Å². The summed E-state index contributed by atoms with van der Waals surface area (Å²) in [5.74, 6) is -2.30. The highest BCUT2D eigenvalue weighted by Crippen LogP contribution is 2.18. The first-order valence-electron chi connectivity index (χ1n) is 7.29. The molecule has 3 amide bonds. The quantitative estimate of drug-likeness (QED) is 0.853. The molecule has 1 aromatic carbocycles. The molecule has 1 heterocycles. The SMILES string of the molecule is CC(COc1ccc(F)cc1F)NC(=O)N1CCC(C(N)=O)C1. The molecule has 8 heteroatoms. The number of nitrogens with two attached hydrogens (primary N) is 1. The van der Waals surface area contributed by atoms with E-state index in [1.54, 1.807) is 6.92 Å². The Balaban J connectivity index is 1.79. The largest absolute Gasteiger partial charge is 0.488 e. The third kappa shape index (κ3) is 4.54. The molecule has 6 nitrogen and oxygen atoms in total. The van der Waals surface area contributed by atoms with Crippen LogP contribution >= 0.6 is 0 Å². The number of amides is 3. The molecule has 0 spiro atoms. The van der Waals surface area contributed by atoms with Crippen LogP contribution in [-0.4, -0.2) is 42.6 Å². The molecule has 0 bridgehead atoms. The fourth-order valence-corrected chi connectivity index (χ4v) is 2.33. The van der Waals surface area contributed by atoms with Gasteiger partial charge in [-0.2, -0.15) is 0 Å². The smallest absolute Gasteiger partial charge is 0.317 e. The van der Waals surface area contributed by atoms with Gasteiger partial charge in [0.1, 0.15) is 12.4 Å². The van der Waals surface area contributed by atoms with E-state index in [0.29, 0.717) is 19.5 Å². The van der Waals surface area contributed by atoms with E-state index >= 15 is 0 Å². The summed E-state index contributed by atoms with van der Waals surface area (Å²) in [6, 6.07) is 2.30. The maximum atomic E-state index is 13.4. The van der Waals surface area contributed by atoms with Gasteiger partial charge in [-0.3, -0.25) is 4.79 Å². The van der Waals surface area contributed by atoms with Gasteiger partial charge in [-0.05, 0) is 25.5 Å². The Labute approximate surface area is 132 Å². The first kappa shape index (κ1) is 17.0. The van der Waals surface area contributed by atoms with Gasteiger partial charge in [0.15, 0.2) is 11.6 Å². The van der Waals surface area contributed by atoms with Crippen molar-refractivity contribution >= 4 is 11.9 Å². The minimum absolute atomic E-state index is 0.0291. The van der Waals surface area contributed by atoms with Gasteiger partial charge in [-0.25, -0.2) is 13.6 Å². The van der Waals surface area contributed by atoms with Gasteiger partial charge in [-0.1, -0.05) is 0 Å². The van der Waals surface area contributed by atoms with Crippen LogP contribution in [0.2, 0.25) is 0 Å². The van der Waals surface area contributed by atoms with Crippen LogP contribution in [0.4, 0.5) is 13.6 Å². The first-order valence-corrected chi connectivity index (χ1v) is 7.29. The lowest BCUT2D eigenvalue weighted by molar-refractivity contribution is -0.121. The van der Waals surface area contributed by atoms with Gasteiger partial charge in [0.25, 0.3) is 0 Å². The molecule has 2 atom stereocenters. The molecule has 1 aliphatic rings. The van der Waals surface area contributed by atoms with Crippen LogP contribution in [0.5, 0.6) is 5.75 Å². The van der Waals surface area contributed by atoms with Crippen LogP contribution in [0, 0.1) is 17.6 Å². The molecular weight excluding hydrogens is 308 g/mol. The number of likely N-dealkylation sites (tertiary alicyclic amines) is 1. The normalized spacial score (nSPS) is 18.6. The Morgan fingerprint density at radius 2 is 2.22 bits per heavy atom. The fourth-order valence-electron chi connectivity index (χ4n) is 2.33. The molecule has 23 heavy (non-hydrogen) atoms. The summed E-state index contributed by atoms with van der Waals surface area (Å²) in [6.45, 7) is 2.48. The zero-order chi connectivity index (χ0) is 17.0. The van der Waals surface area contributed by atoms with Crippen LogP contribution in [-0.2, 0) is 4.79 Å². The van der Waals surface area contributed by atoms with Crippen LogP contribution in [0.15, 0.2) is 18.2 Å². The number of halogens is 2. The minimum atomic E-state index is -0.799. The number of nitrogens with one attached hydrogen (secondary N) is 1. The Morgan fingerprint density at radius 3 is 2.83 bits per heavy atom. The molecule has 0 saturated carbocycles. The first-order chi connectivity index (χ1) is 10.9. The van der Waals surface area contributed by atoms with E-state index in [9.17, 15) is 18.4 Å². The van der Waals surface area contributed by atoms with Crippen molar-refractivity contribution in [3.8, 4) is 5.75 Å². The Hall–Kier alpha value is -2.38. The van der Waals surface area contributed by atoms with Crippen molar-refractivity contribution in [1.82, 2.24) is 10.2 Å². The van der Waals surface area contributed by atoms with Gasteiger partial charge in [0.05, 0.1) is 12.0 Å². The maximum Gasteiger partial charge on any atom is 0.317 e. The summed E-state index contributed by atoms with van der Waals surface area (Å²) in [7, 11) is 0. The summed E-state index contributed by atoms with van der Waals surface area (Å²) in [5, 5.41) is 2.70. The van der Waals surface area contributed by atoms with Crippen molar-refractivity contribution in [1.29, 1.82) is 0 Å². The summed E-state index contributed by atoms with van der Waals surface area (Å²) in [6.07, 6.45) is 0.550. The highest BCUT2D eigenvalue weighted by Gasteiger charge is 2.30. The number of carbonyl (C=O) groups excluding carboxylic acids is 2. The molecule has 2 rings (SSSR count). The second kappa shape index (κ2) is 7.26. The average Bonchev–Trinajstić information content (AvgIpc) is 2.96. The average molecular weight is 327 g/mol. The second-order valence-electron chi connectivity index (χ2n) is 5.57. The van der Waals surface area contributed by atoms with Crippen molar-refractivity contribution < 1.29 is 23.1 Å². The van der Waals surface area contributed by atoms with Crippen molar-refractivity contribution in [2.45, 2.75) is 19.4 Å². The molecular formula is C15H19F2N3O3. The molecule has 126 valence electrons. The van der Waals surface area contributed by atoms with Gasteiger partial charge >= 0.3 is 6.03 Å². The fraction of sp³-hybridized carbons (Fsp3) is 0.467. The minimum Gasteiger partial charge on any atom is -0.488 e. The van der Waals surface area contributed by atoms with Gasteiger partial charge in [0, 0.05) is 19.2 Å². The predicted molar refractivity (Wildman–Crippen MR) is 78.7 cm³/mol. The van der Waals surface area contributed by atoms with Gasteiger partial charge in [0.2, 0.25) is 5.91 Å². The number of rotatable bonds is 5. The third-order valence-electron chi connectivity index (χ3n) is 3.63. The molecule has 1 saturated heterocycles. The van der Waals surface area contributed by atoms with E-state index < -0.39 is 17.5 Å². The van der Waals surface area contributed by atoms with Gasteiger partial charge in [-0.15, -0.1) is 0 Å². The van der Waals surface area contributed by atoms with Crippen molar-refractivity contribution in [3.05, 3.63) is 29.8 Å².